The van der Waals surface area contributed by atoms with E-state index in [9.17, 15) is 70.7 Å². The fourth-order valence-electron chi connectivity index (χ4n) is 7.20. The van der Waals surface area contributed by atoms with E-state index in [2.05, 4.69) is 0 Å². The van der Waals surface area contributed by atoms with Gasteiger partial charge in [-0.15, -0.1) is 0 Å². The van der Waals surface area contributed by atoms with Crippen LogP contribution in [0.15, 0.2) is 87.5 Å². The maximum Gasteiger partial charge on any atom is 0.460 e. The van der Waals surface area contributed by atoms with E-state index in [1.807, 2.05) is 6.92 Å². The van der Waals surface area contributed by atoms with Crippen molar-refractivity contribution in [1.29, 1.82) is 0 Å². The van der Waals surface area contributed by atoms with Crippen LogP contribution >= 0.6 is 10.3 Å². The highest BCUT2D eigenvalue weighted by Gasteiger charge is 2.99. The van der Waals surface area contributed by atoms with Crippen LogP contribution in [0.25, 0.3) is 0 Å². The number of rotatable bonds is 26. The molecule has 0 aliphatic heterocycles. The van der Waals surface area contributed by atoms with Crippen LogP contribution in [0.4, 0.5) is 101 Å². The molecule has 26 heteroatoms. The molecule has 0 saturated carbocycles. The minimum Gasteiger partial charge on any atom is -0.397 e. The summed E-state index contributed by atoms with van der Waals surface area (Å²) in [4.78, 5) is 12.8. The molecule has 3 aromatic rings. The first-order valence-electron chi connectivity index (χ1n) is 21.4. The number of carbonyl (C=O) groups is 1. The number of hydrogen-bond acceptors (Lipinski definition) is 2. The molecule has 404 valence electrons. The number of hydrogen-bond donors (Lipinski definition) is 0. The first kappa shape index (κ1) is 61.2. The number of aryl methyl sites for hydroxylation is 3. The average molecular weight is 1090 g/mol. The monoisotopic (exact) mass is 1090 g/mol. The molecule has 3 rings (SSSR count). The van der Waals surface area contributed by atoms with Gasteiger partial charge in [-0.05, 0) is 89.8 Å². The van der Waals surface area contributed by atoms with Crippen molar-refractivity contribution in [2.75, 3.05) is 0 Å². The molecule has 3 aromatic carbocycles. The number of halogens is 23. The lowest BCUT2D eigenvalue weighted by Crippen LogP contribution is -2.78. The minimum atomic E-state index is -9.57. The van der Waals surface area contributed by atoms with E-state index in [1.54, 1.807) is 26.0 Å². The van der Waals surface area contributed by atoms with Crippen LogP contribution in [0.2, 0.25) is 0 Å². The summed E-state index contributed by atoms with van der Waals surface area (Å²) in [6.07, 6.45) is -3.06. The summed E-state index contributed by atoms with van der Waals surface area (Å²) in [7, 11) is -4.52. The highest BCUT2D eigenvalue weighted by Crippen LogP contribution is 2.73. The smallest absolute Gasteiger partial charge is 0.397 e. The molecule has 2 nitrogen and oxygen atoms in total. The third kappa shape index (κ3) is 10.3. The van der Waals surface area contributed by atoms with Crippen molar-refractivity contribution in [3.05, 3.63) is 89.5 Å². The van der Waals surface area contributed by atoms with E-state index >= 15 is 35.1 Å². The molecule has 0 saturated heterocycles. The lowest BCUT2D eigenvalue weighted by atomic mass is 9.85. The van der Waals surface area contributed by atoms with Gasteiger partial charge in [0.05, 0.1) is 0 Å². The predicted molar refractivity (Wildman–Crippen MR) is 213 cm³/mol. The maximum atomic E-state index is 16.1. The van der Waals surface area contributed by atoms with E-state index in [-0.39, 0.29) is 38.7 Å². The summed E-state index contributed by atoms with van der Waals surface area (Å²) < 4.78 is 337. The average Bonchev–Trinajstić information content (AvgIpc) is 3.28. The molecular formula is C45H45F23O2S. The molecule has 0 aromatic heterocycles. The summed E-state index contributed by atoms with van der Waals surface area (Å²) in [5.74, 6) is -94.6. The Balaban J connectivity index is 2.43. The molecule has 0 N–H and O–H groups in total. The number of carbonyl (C=O) groups excluding carboxylic acids is 1. The van der Waals surface area contributed by atoms with Gasteiger partial charge in [0, 0.05) is 14.7 Å². The van der Waals surface area contributed by atoms with Crippen LogP contribution < -0.4 is 0 Å². The van der Waals surface area contributed by atoms with Crippen molar-refractivity contribution in [2.24, 2.45) is 0 Å². The van der Waals surface area contributed by atoms with Gasteiger partial charge in [0.1, 0.15) is 0 Å². The van der Waals surface area contributed by atoms with Crippen molar-refractivity contribution in [3.63, 3.8) is 0 Å². The molecule has 0 bridgehead atoms. The van der Waals surface area contributed by atoms with Gasteiger partial charge in [-0.2, -0.15) is 101 Å². The quantitative estimate of drug-likeness (QED) is 0.0592. The van der Waals surface area contributed by atoms with Crippen LogP contribution in [0, 0.1) is 0 Å². The highest BCUT2D eigenvalue weighted by atomic mass is 32.3. The SMILES string of the molecule is CCCCCc1cc(CCCCC)c(S(OC(=O)C(F)(F)C(F)(F)C(F)(F)C(F)(F)C(F)(F)C(F)(F)C(F)(F)C(F)(F)C(F)(F)C(F)(F)C(F)(F)F)(c2ccccc2)c2ccccc2)c(CCCCC)c1. The lowest BCUT2D eigenvalue weighted by Gasteiger charge is -2.46. The Morgan fingerprint density at radius 3 is 1.01 bits per heavy atom. The van der Waals surface area contributed by atoms with Crippen molar-refractivity contribution in [3.8, 4) is 0 Å². The van der Waals surface area contributed by atoms with E-state index < -0.39 is 81.7 Å². The molecular weight excluding hydrogens is 1040 g/mol. The molecule has 0 aliphatic carbocycles. The predicted octanol–water partition coefficient (Wildman–Crippen LogP) is 17.5. The van der Waals surface area contributed by atoms with Gasteiger partial charge in [0.2, 0.25) is 0 Å². The highest BCUT2D eigenvalue weighted by molar-refractivity contribution is 8.30. The first-order chi connectivity index (χ1) is 32.3. The summed E-state index contributed by atoms with van der Waals surface area (Å²) >= 11 is 0. The molecule has 0 spiro atoms. The van der Waals surface area contributed by atoms with Crippen molar-refractivity contribution >= 4 is 16.3 Å². The molecule has 0 fully saturated rings. The van der Waals surface area contributed by atoms with Crippen LogP contribution in [0.5, 0.6) is 0 Å². The zero-order chi connectivity index (χ0) is 54.7. The minimum absolute atomic E-state index is 0.00113. The van der Waals surface area contributed by atoms with Gasteiger partial charge >= 0.3 is 71.4 Å². The van der Waals surface area contributed by atoms with Crippen molar-refractivity contribution in [1.82, 2.24) is 0 Å². The van der Waals surface area contributed by atoms with E-state index in [4.69, 9.17) is 4.18 Å². The second kappa shape index (κ2) is 21.4. The molecule has 0 amide bonds. The summed E-state index contributed by atoms with van der Waals surface area (Å²) in [5.41, 5.74) is 1.01. The Labute approximate surface area is 393 Å². The molecule has 0 radical (unpaired) electrons. The topological polar surface area (TPSA) is 26.3 Å². The van der Waals surface area contributed by atoms with E-state index in [0.29, 0.717) is 63.4 Å². The van der Waals surface area contributed by atoms with Crippen LogP contribution in [-0.4, -0.2) is 71.4 Å². The second-order valence-electron chi connectivity index (χ2n) is 16.4. The van der Waals surface area contributed by atoms with Crippen molar-refractivity contribution in [2.45, 2.75) is 178 Å². The third-order valence-electron chi connectivity index (χ3n) is 11.3. The van der Waals surface area contributed by atoms with E-state index in [1.165, 1.54) is 36.4 Å². The summed E-state index contributed by atoms with van der Waals surface area (Å²) in [5, 5.41) is 0. The summed E-state index contributed by atoms with van der Waals surface area (Å²) in [6.45, 7) is 5.45. The summed E-state index contributed by atoms with van der Waals surface area (Å²) in [6, 6.07) is 14.7. The zero-order valence-electron chi connectivity index (χ0n) is 37.3. The first-order valence-corrected chi connectivity index (χ1v) is 23.0. The Morgan fingerprint density at radius 1 is 0.408 bits per heavy atom. The zero-order valence-corrected chi connectivity index (χ0v) is 38.1. The fraction of sp³-hybridized carbons (Fsp3) is 0.578. The Bertz CT molecular complexity index is 2160. The van der Waals surface area contributed by atoms with Crippen LogP contribution in [0.3, 0.4) is 0 Å². The lowest BCUT2D eigenvalue weighted by molar-refractivity contribution is -0.477. The van der Waals surface area contributed by atoms with E-state index in [0.717, 1.165) is 30.7 Å². The van der Waals surface area contributed by atoms with Gasteiger partial charge in [-0.1, -0.05) is 108 Å². The van der Waals surface area contributed by atoms with Crippen LogP contribution in [0.1, 0.15) is 95.2 Å². The van der Waals surface area contributed by atoms with Gasteiger partial charge < -0.3 is 4.18 Å². The van der Waals surface area contributed by atoms with Gasteiger partial charge in [-0.3, -0.25) is 0 Å². The van der Waals surface area contributed by atoms with Gasteiger partial charge in [-0.25, -0.2) is 4.79 Å². The Morgan fingerprint density at radius 2 is 0.704 bits per heavy atom. The molecule has 71 heavy (non-hydrogen) atoms. The number of unbranched alkanes of at least 4 members (excludes halogenated alkanes) is 6. The molecule has 0 unspecified atom stereocenters. The molecule has 0 atom stereocenters. The maximum absolute atomic E-state index is 16.1. The normalized spacial score (nSPS) is 14.7. The second-order valence-corrected chi connectivity index (χ2v) is 19.0. The number of benzene rings is 3. The standard InChI is InChI=1S/C45H45F23O2S/c1-4-7-12-19-28-26-29(20-13-8-5-2)33(30(27-28)21-14-9-6-3)71(31-22-15-10-16-23-31,32-24-17-11-18-25-32)70-34(69)35(46,47)36(48,49)37(50,51)38(52,53)39(54,55)40(56,57)41(58,59)42(60,61)43(62,63)44(64,65)45(66,67)68/h10-11,15-18,22-27H,4-9,12-14,19-21H2,1-3H3. The third-order valence-corrected chi connectivity index (χ3v) is 14.6. The van der Waals surface area contributed by atoms with Crippen molar-refractivity contribution < 1.29 is 110 Å². The number of alkyl halides is 23. The Hall–Kier alpha value is -4.13. The molecule has 0 aliphatic rings. The largest absolute Gasteiger partial charge is 0.460 e. The van der Waals surface area contributed by atoms with Gasteiger partial charge in [0.15, 0.2) is 0 Å². The Kier molecular flexibility index (Phi) is 18.4. The fourth-order valence-corrected chi connectivity index (χ4v) is 10.7. The van der Waals surface area contributed by atoms with Gasteiger partial charge in [0.25, 0.3) is 0 Å². The van der Waals surface area contributed by atoms with Crippen LogP contribution in [-0.2, 0) is 28.2 Å². The molecule has 0 heterocycles.